The van der Waals surface area contributed by atoms with E-state index in [-0.39, 0.29) is 5.54 Å². The lowest BCUT2D eigenvalue weighted by atomic mass is 9.99. The second-order valence-electron chi connectivity index (χ2n) is 6.41. The van der Waals surface area contributed by atoms with E-state index >= 15 is 0 Å². The van der Waals surface area contributed by atoms with Crippen molar-refractivity contribution < 1.29 is 0 Å². The molecule has 0 aromatic rings. The highest BCUT2D eigenvalue weighted by atomic mass is 14.9. The summed E-state index contributed by atoms with van der Waals surface area (Å²) in [6.45, 7) is 6.64. The zero-order valence-corrected chi connectivity index (χ0v) is 10.3. The molecule has 2 heteroatoms. The lowest BCUT2D eigenvalue weighted by Gasteiger charge is -2.19. The topological polar surface area (TPSA) is 38.0 Å². The first-order valence-corrected chi connectivity index (χ1v) is 6.52. The standard InChI is InChI=1S/C13H26N2/c1-12(2,14)6-3-9-15-10-13(7-8-13)11-4-5-11/h11,15H,3-10,14H2,1-2H3. The third-order valence-corrected chi connectivity index (χ3v) is 3.99. The van der Waals surface area contributed by atoms with Gasteiger partial charge >= 0.3 is 0 Å². The molecule has 0 spiro atoms. The van der Waals surface area contributed by atoms with Gasteiger partial charge in [-0.2, -0.15) is 0 Å². The first kappa shape index (κ1) is 11.4. The SMILES string of the molecule is CC(C)(N)CCCNCC1(C2CC2)CC1. The van der Waals surface area contributed by atoms with Gasteiger partial charge in [0.1, 0.15) is 0 Å². The summed E-state index contributed by atoms with van der Waals surface area (Å²) in [4.78, 5) is 0. The summed E-state index contributed by atoms with van der Waals surface area (Å²) in [5.41, 5.74) is 6.70. The number of rotatable bonds is 7. The van der Waals surface area contributed by atoms with Crippen molar-refractivity contribution in [3.8, 4) is 0 Å². The van der Waals surface area contributed by atoms with Crippen LogP contribution in [0.1, 0.15) is 52.4 Å². The normalized spacial score (nSPS) is 24.2. The third-order valence-electron chi connectivity index (χ3n) is 3.99. The molecule has 2 fully saturated rings. The largest absolute Gasteiger partial charge is 0.326 e. The molecule has 2 nitrogen and oxygen atoms in total. The zero-order chi connectivity index (χ0) is 10.9. The van der Waals surface area contributed by atoms with Gasteiger partial charge in [-0.25, -0.2) is 0 Å². The number of hydrogen-bond acceptors (Lipinski definition) is 2. The smallest absolute Gasteiger partial charge is 0.00975 e. The van der Waals surface area contributed by atoms with E-state index < -0.39 is 0 Å². The van der Waals surface area contributed by atoms with Gasteiger partial charge in [-0.05, 0) is 70.3 Å². The van der Waals surface area contributed by atoms with Crippen LogP contribution in [0.5, 0.6) is 0 Å². The second kappa shape index (κ2) is 4.06. The van der Waals surface area contributed by atoms with Crippen LogP contribution in [0.25, 0.3) is 0 Å². The van der Waals surface area contributed by atoms with Crippen LogP contribution in [-0.4, -0.2) is 18.6 Å². The summed E-state index contributed by atoms with van der Waals surface area (Å²) >= 11 is 0. The molecule has 2 aliphatic carbocycles. The van der Waals surface area contributed by atoms with Crippen LogP contribution in [0.2, 0.25) is 0 Å². The van der Waals surface area contributed by atoms with Crippen LogP contribution in [0.15, 0.2) is 0 Å². The van der Waals surface area contributed by atoms with Gasteiger partial charge < -0.3 is 11.1 Å². The number of nitrogens with one attached hydrogen (secondary N) is 1. The van der Waals surface area contributed by atoms with Gasteiger partial charge in [0.05, 0.1) is 0 Å². The summed E-state index contributed by atoms with van der Waals surface area (Å²) in [5.74, 6) is 1.08. The summed E-state index contributed by atoms with van der Waals surface area (Å²) < 4.78 is 0. The van der Waals surface area contributed by atoms with Gasteiger partial charge in [-0.1, -0.05) is 0 Å². The Kier molecular flexibility index (Phi) is 3.09. The Bertz CT molecular complexity index is 209. The van der Waals surface area contributed by atoms with E-state index in [4.69, 9.17) is 5.73 Å². The van der Waals surface area contributed by atoms with Crippen molar-refractivity contribution in [1.29, 1.82) is 0 Å². The number of hydrogen-bond donors (Lipinski definition) is 2. The molecule has 3 N–H and O–H groups in total. The number of nitrogens with two attached hydrogens (primary N) is 1. The van der Waals surface area contributed by atoms with E-state index in [1.54, 1.807) is 0 Å². The molecule has 0 unspecified atom stereocenters. The summed E-state index contributed by atoms with van der Waals surface area (Å²) in [5, 5.41) is 3.63. The van der Waals surface area contributed by atoms with Crippen molar-refractivity contribution >= 4 is 0 Å². The Morgan fingerprint density at radius 3 is 2.47 bits per heavy atom. The fourth-order valence-electron chi connectivity index (χ4n) is 2.59. The molecule has 0 aromatic heterocycles. The molecule has 0 atom stereocenters. The minimum absolute atomic E-state index is 0.00937. The summed E-state index contributed by atoms with van der Waals surface area (Å²) in [6, 6.07) is 0. The second-order valence-corrected chi connectivity index (χ2v) is 6.41. The molecule has 0 bridgehead atoms. The maximum atomic E-state index is 5.95. The average molecular weight is 210 g/mol. The van der Waals surface area contributed by atoms with Gasteiger partial charge in [-0.3, -0.25) is 0 Å². The Labute approximate surface area is 94.0 Å². The molecule has 2 rings (SSSR count). The fraction of sp³-hybridized carbons (Fsp3) is 1.00. The Balaban J connectivity index is 1.52. The van der Waals surface area contributed by atoms with E-state index in [1.807, 2.05) is 0 Å². The van der Waals surface area contributed by atoms with Crippen molar-refractivity contribution in [3.05, 3.63) is 0 Å². The van der Waals surface area contributed by atoms with Crippen molar-refractivity contribution in [2.24, 2.45) is 17.1 Å². The molecule has 15 heavy (non-hydrogen) atoms. The van der Waals surface area contributed by atoms with E-state index in [1.165, 1.54) is 38.6 Å². The lowest BCUT2D eigenvalue weighted by Crippen LogP contribution is -2.33. The van der Waals surface area contributed by atoms with Gasteiger partial charge in [0.15, 0.2) is 0 Å². The highest BCUT2D eigenvalue weighted by molar-refractivity contribution is 5.04. The molecule has 0 saturated heterocycles. The minimum atomic E-state index is 0.00937. The lowest BCUT2D eigenvalue weighted by molar-refractivity contribution is 0.389. The summed E-state index contributed by atoms with van der Waals surface area (Å²) in [7, 11) is 0. The summed E-state index contributed by atoms with van der Waals surface area (Å²) in [6.07, 6.45) is 8.29. The molecule has 88 valence electrons. The maximum absolute atomic E-state index is 5.95. The van der Waals surface area contributed by atoms with E-state index in [2.05, 4.69) is 19.2 Å². The molecule has 0 aromatic carbocycles. The van der Waals surface area contributed by atoms with Crippen molar-refractivity contribution in [2.75, 3.05) is 13.1 Å². The predicted molar refractivity (Wildman–Crippen MR) is 64.8 cm³/mol. The first-order chi connectivity index (χ1) is 7.02. The maximum Gasteiger partial charge on any atom is 0.00975 e. The Morgan fingerprint density at radius 2 is 2.00 bits per heavy atom. The molecular weight excluding hydrogens is 184 g/mol. The molecule has 0 amide bonds. The van der Waals surface area contributed by atoms with Gasteiger partial charge in [0, 0.05) is 12.1 Å². The van der Waals surface area contributed by atoms with Crippen molar-refractivity contribution in [1.82, 2.24) is 5.32 Å². The molecule has 0 radical (unpaired) electrons. The van der Waals surface area contributed by atoms with Crippen LogP contribution in [-0.2, 0) is 0 Å². The Hall–Kier alpha value is -0.0800. The van der Waals surface area contributed by atoms with Gasteiger partial charge in [-0.15, -0.1) is 0 Å². The van der Waals surface area contributed by atoms with Crippen LogP contribution < -0.4 is 11.1 Å². The van der Waals surface area contributed by atoms with Crippen LogP contribution in [0.4, 0.5) is 0 Å². The molecule has 2 saturated carbocycles. The van der Waals surface area contributed by atoms with E-state index in [0.29, 0.717) is 0 Å². The highest BCUT2D eigenvalue weighted by Gasteiger charge is 2.52. The third kappa shape index (κ3) is 3.46. The van der Waals surface area contributed by atoms with Crippen LogP contribution >= 0.6 is 0 Å². The molecule has 0 aliphatic heterocycles. The van der Waals surface area contributed by atoms with Crippen LogP contribution in [0.3, 0.4) is 0 Å². The van der Waals surface area contributed by atoms with Gasteiger partial charge in [0.25, 0.3) is 0 Å². The van der Waals surface area contributed by atoms with Crippen LogP contribution in [0, 0.1) is 11.3 Å². The monoisotopic (exact) mass is 210 g/mol. The zero-order valence-electron chi connectivity index (χ0n) is 10.3. The minimum Gasteiger partial charge on any atom is -0.326 e. The van der Waals surface area contributed by atoms with E-state index in [9.17, 15) is 0 Å². The molecule has 0 heterocycles. The fourth-order valence-corrected chi connectivity index (χ4v) is 2.59. The molecule has 2 aliphatic rings. The first-order valence-electron chi connectivity index (χ1n) is 6.52. The van der Waals surface area contributed by atoms with Crippen molar-refractivity contribution in [2.45, 2.75) is 57.9 Å². The molecular formula is C13H26N2. The average Bonchev–Trinajstić information content (AvgIpc) is 2.97. The highest BCUT2D eigenvalue weighted by Crippen LogP contribution is 2.60. The van der Waals surface area contributed by atoms with Crippen molar-refractivity contribution in [3.63, 3.8) is 0 Å². The Morgan fingerprint density at radius 1 is 1.33 bits per heavy atom. The van der Waals surface area contributed by atoms with Gasteiger partial charge in [0.2, 0.25) is 0 Å². The quantitative estimate of drug-likeness (QED) is 0.633. The van der Waals surface area contributed by atoms with E-state index in [0.717, 1.165) is 24.3 Å². The predicted octanol–water partition coefficient (Wildman–Crippen LogP) is 2.28.